The molecule has 1 heterocycles. The zero-order valence-corrected chi connectivity index (χ0v) is 11.2. The Morgan fingerprint density at radius 1 is 1.55 bits per heavy atom. The fourth-order valence-electron chi connectivity index (χ4n) is 1.56. The van der Waals surface area contributed by atoms with E-state index in [9.17, 15) is 14.4 Å². The molecule has 0 aliphatic heterocycles. The Morgan fingerprint density at radius 2 is 2.25 bits per heavy atom. The fraction of sp³-hybridized carbons (Fsp3) is 0.385. The van der Waals surface area contributed by atoms with E-state index in [4.69, 9.17) is 5.11 Å². The van der Waals surface area contributed by atoms with Crippen LogP contribution in [-0.4, -0.2) is 32.8 Å². The van der Waals surface area contributed by atoms with E-state index in [1.54, 1.807) is 0 Å². The second kappa shape index (κ2) is 7.22. The van der Waals surface area contributed by atoms with Crippen LogP contribution in [0.15, 0.2) is 29.6 Å². The van der Waals surface area contributed by atoms with Gasteiger partial charge in [-0.3, -0.25) is 9.59 Å². The van der Waals surface area contributed by atoms with Crippen molar-refractivity contribution in [3.05, 3.63) is 40.8 Å². The number of carbonyl (C=O) groups is 2. The molecule has 7 heteroatoms. The molecular formula is C13H17N3O4. The van der Waals surface area contributed by atoms with Crippen LogP contribution in [0.4, 0.5) is 0 Å². The normalized spacial score (nSPS) is 11.7. The zero-order chi connectivity index (χ0) is 15.1. The molecule has 1 rings (SSSR count). The Hall–Kier alpha value is -2.44. The number of carboxylic acid groups (broad SMARTS) is 1. The molecule has 20 heavy (non-hydrogen) atoms. The number of carboxylic acids is 1. The summed E-state index contributed by atoms with van der Waals surface area (Å²) in [5.74, 6) is -1.79. The maximum atomic E-state index is 11.9. The minimum absolute atomic E-state index is 0.00774. The van der Waals surface area contributed by atoms with E-state index >= 15 is 0 Å². The summed E-state index contributed by atoms with van der Waals surface area (Å²) in [7, 11) is 0. The summed E-state index contributed by atoms with van der Waals surface area (Å²) in [5, 5.41) is 15.2. The second-order valence-corrected chi connectivity index (χ2v) is 4.17. The average Bonchev–Trinajstić information content (AvgIpc) is 2.40. The van der Waals surface area contributed by atoms with Gasteiger partial charge in [-0.2, -0.15) is 5.10 Å². The maximum absolute atomic E-state index is 11.9. The van der Waals surface area contributed by atoms with Crippen LogP contribution in [0.3, 0.4) is 0 Å². The summed E-state index contributed by atoms with van der Waals surface area (Å²) in [4.78, 5) is 34.3. The summed E-state index contributed by atoms with van der Waals surface area (Å²) in [6, 6.07) is 1.45. The molecule has 0 radical (unpaired) electrons. The molecule has 1 atom stereocenters. The molecule has 0 fully saturated rings. The summed E-state index contributed by atoms with van der Waals surface area (Å²) >= 11 is 0. The molecule has 2 N–H and O–H groups in total. The maximum Gasteiger partial charge on any atom is 0.326 e. The van der Waals surface area contributed by atoms with Crippen LogP contribution in [0.2, 0.25) is 0 Å². The lowest BCUT2D eigenvalue weighted by Crippen LogP contribution is -2.41. The zero-order valence-electron chi connectivity index (χ0n) is 11.2. The van der Waals surface area contributed by atoms with Crippen molar-refractivity contribution >= 4 is 11.9 Å². The van der Waals surface area contributed by atoms with E-state index in [1.807, 2.05) is 6.92 Å². The van der Waals surface area contributed by atoms with Crippen molar-refractivity contribution < 1.29 is 14.7 Å². The van der Waals surface area contributed by atoms with E-state index < -0.39 is 17.9 Å². The Bertz CT molecular complexity index is 565. The average molecular weight is 279 g/mol. The van der Waals surface area contributed by atoms with E-state index in [0.717, 1.165) is 0 Å². The van der Waals surface area contributed by atoms with Crippen molar-refractivity contribution in [3.63, 3.8) is 0 Å². The number of aromatic nitrogens is 2. The number of hydrogen-bond donors (Lipinski definition) is 2. The van der Waals surface area contributed by atoms with Gasteiger partial charge in [0.1, 0.15) is 11.7 Å². The molecule has 0 aromatic carbocycles. The molecule has 1 aromatic heterocycles. The van der Waals surface area contributed by atoms with Crippen LogP contribution in [-0.2, 0) is 11.3 Å². The Balaban J connectivity index is 2.91. The van der Waals surface area contributed by atoms with E-state index in [0.29, 0.717) is 13.0 Å². The van der Waals surface area contributed by atoms with Gasteiger partial charge < -0.3 is 10.4 Å². The Labute approximate surface area is 115 Å². The first-order valence-corrected chi connectivity index (χ1v) is 6.22. The minimum Gasteiger partial charge on any atom is -0.480 e. The van der Waals surface area contributed by atoms with Gasteiger partial charge in [-0.25, -0.2) is 9.48 Å². The van der Waals surface area contributed by atoms with Crippen LogP contribution < -0.4 is 10.9 Å². The van der Waals surface area contributed by atoms with Gasteiger partial charge in [-0.05, 0) is 18.9 Å². The quantitative estimate of drug-likeness (QED) is 0.704. The number of rotatable bonds is 7. The van der Waals surface area contributed by atoms with Crippen molar-refractivity contribution in [2.75, 3.05) is 0 Å². The summed E-state index contributed by atoms with van der Waals surface area (Å²) in [6.07, 6.45) is 2.21. The lowest BCUT2D eigenvalue weighted by molar-refractivity contribution is -0.139. The third-order valence-corrected chi connectivity index (χ3v) is 2.54. The Morgan fingerprint density at radius 3 is 2.80 bits per heavy atom. The van der Waals surface area contributed by atoms with E-state index in [-0.39, 0.29) is 17.7 Å². The summed E-state index contributed by atoms with van der Waals surface area (Å²) in [5.41, 5.74) is -0.294. The largest absolute Gasteiger partial charge is 0.480 e. The molecule has 108 valence electrons. The lowest BCUT2D eigenvalue weighted by Gasteiger charge is -2.12. The fourth-order valence-corrected chi connectivity index (χ4v) is 1.56. The van der Waals surface area contributed by atoms with Crippen LogP contribution >= 0.6 is 0 Å². The molecule has 7 nitrogen and oxygen atoms in total. The summed E-state index contributed by atoms with van der Waals surface area (Å²) in [6.45, 7) is 5.72. The number of hydrogen-bond acceptors (Lipinski definition) is 4. The molecule has 0 saturated carbocycles. The molecule has 0 spiro atoms. The van der Waals surface area contributed by atoms with Gasteiger partial charge in [0.2, 0.25) is 0 Å². The van der Waals surface area contributed by atoms with Crippen molar-refractivity contribution in [2.24, 2.45) is 0 Å². The molecular weight excluding hydrogens is 262 g/mol. The Kier molecular flexibility index (Phi) is 5.64. The molecule has 0 saturated heterocycles. The first-order valence-electron chi connectivity index (χ1n) is 6.22. The number of nitrogens with zero attached hydrogens (tertiary/aromatic N) is 2. The molecule has 1 aromatic rings. The van der Waals surface area contributed by atoms with Crippen molar-refractivity contribution in [2.45, 2.75) is 32.4 Å². The number of nitrogens with one attached hydrogen (secondary N) is 1. The number of amides is 1. The van der Waals surface area contributed by atoms with Crippen LogP contribution in [0, 0.1) is 0 Å². The highest BCUT2D eigenvalue weighted by Crippen LogP contribution is 1.98. The van der Waals surface area contributed by atoms with Crippen LogP contribution in [0.25, 0.3) is 0 Å². The SMILES string of the molecule is C=CCC(NC(=O)c1ccc(=O)n(CCC)n1)C(=O)O. The summed E-state index contributed by atoms with van der Waals surface area (Å²) < 4.78 is 1.18. The molecule has 1 unspecified atom stereocenters. The van der Waals surface area contributed by atoms with Gasteiger partial charge in [0.05, 0.1) is 0 Å². The number of aliphatic carboxylic acids is 1. The minimum atomic E-state index is -1.15. The van der Waals surface area contributed by atoms with Gasteiger partial charge in [-0.1, -0.05) is 13.0 Å². The van der Waals surface area contributed by atoms with Crippen molar-refractivity contribution in [1.29, 1.82) is 0 Å². The molecule has 0 aliphatic carbocycles. The van der Waals surface area contributed by atoms with Crippen molar-refractivity contribution in [1.82, 2.24) is 15.1 Å². The first-order chi connectivity index (χ1) is 9.49. The second-order valence-electron chi connectivity index (χ2n) is 4.17. The highest BCUT2D eigenvalue weighted by molar-refractivity contribution is 5.94. The standard InChI is InChI=1S/C13H17N3O4/c1-3-5-10(13(19)20)14-12(18)9-6-7-11(17)16(15-9)8-4-2/h3,6-7,10H,1,4-5,8H2,2H3,(H,14,18)(H,19,20). The predicted octanol–water partition coefficient (Wildman–Crippen LogP) is 0.412. The van der Waals surface area contributed by atoms with Gasteiger partial charge in [0, 0.05) is 12.6 Å². The van der Waals surface area contributed by atoms with E-state index in [2.05, 4.69) is 17.0 Å². The molecule has 0 aliphatic rings. The van der Waals surface area contributed by atoms with Crippen LogP contribution in [0.1, 0.15) is 30.3 Å². The van der Waals surface area contributed by atoms with Gasteiger partial charge >= 0.3 is 5.97 Å². The highest BCUT2D eigenvalue weighted by atomic mass is 16.4. The lowest BCUT2D eigenvalue weighted by atomic mass is 10.2. The monoisotopic (exact) mass is 279 g/mol. The van der Waals surface area contributed by atoms with Gasteiger partial charge in [0.15, 0.2) is 0 Å². The van der Waals surface area contributed by atoms with Crippen molar-refractivity contribution in [3.8, 4) is 0 Å². The third-order valence-electron chi connectivity index (χ3n) is 2.54. The van der Waals surface area contributed by atoms with Gasteiger partial charge in [-0.15, -0.1) is 6.58 Å². The number of carbonyl (C=O) groups excluding carboxylic acids is 1. The third kappa shape index (κ3) is 4.04. The topological polar surface area (TPSA) is 101 Å². The van der Waals surface area contributed by atoms with Crippen LogP contribution in [0.5, 0.6) is 0 Å². The predicted molar refractivity (Wildman–Crippen MR) is 72.5 cm³/mol. The first kappa shape index (κ1) is 15.6. The molecule has 1 amide bonds. The number of aryl methyl sites for hydroxylation is 1. The smallest absolute Gasteiger partial charge is 0.326 e. The van der Waals surface area contributed by atoms with E-state index in [1.165, 1.54) is 22.9 Å². The molecule has 0 bridgehead atoms. The highest BCUT2D eigenvalue weighted by Gasteiger charge is 2.20. The van der Waals surface area contributed by atoms with Gasteiger partial charge in [0.25, 0.3) is 11.5 Å².